The van der Waals surface area contributed by atoms with Crippen molar-refractivity contribution in [1.29, 1.82) is 0 Å². The highest BCUT2D eigenvalue weighted by Gasteiger charge is 2.12. The zero-order chi connectivity index (χ0) is 15.1. The molecule has 0 saturated carbocycles. The molecule has 1 N–H and O–H groups in total. The van der Waals surface area contributed by atoms with E-state index >= 15 is 0 Å². The van der Waals surface area contributed by atoms with Gasteiger partial charge in [-0.1, -0.05) is 6.92 Å². The smallest absolute Gasteiger partial charge is 0.184 e. The summed E-state index contributed by atoms with van der Waals surface area (Å²) >= 11 is 0. The Kier molecular flexibility index (Phi) is 5.63. The fourth-order valence-electron chi connectivity index (χ4n) is 2.28. The number of nitrogens with zero attached hydrogens (tertiary/aromatic N) is 2. The summed E-state index contributed by atoms with van der Waals surface area (Å²) < 4.78 is 12.9. The van der Waals surface area contributed by atoms with Crippen LogP contribution in [-0.2, 0) is 13.1 Å². The average molecular weight is 289 g/mol. The number of hydrogen-bond donors (Lipinski definition) is 1. The van der Waals surface area contributed by atoms with E-state index in [1.807, 2.05) is 6.07 Å². The lowest BCUT2D eigenvalue weighted by Gasteiger charge is -2.14. The minimum atomic E-state index is 0.663. The van der Waals surface area contributed by atoms with Crippen LogP contribution in [0.4, 0.5) is 0 Å². The topological polar surface area (TPSA) is 48.3 Å². The lowest BCUT2D eigenvalue weighted by molar-refractivity contribution is 0.348. The van der Waals surface area contributed by atoms with Crippen molar-refractivity contribution in [3.63, 3.8) is 0 Å². The van der Waals surface area contributed by atoms with Crippen LogP contribution in [0, 0.1) is 0 Å². The van der Waals surface area contributed by atoms with Crippen LogP contribution in [0.15, 0.2) is 30.6 Å². The molecule has 0 aliphatic heterocycles. The quantitative estimate of drug-likeness (QED) is 0.758. The van der Waals surface area contributed by atoms with E-state index in [4.69, 9.17) is 9.47 Å². The summed E-state index contributed by atoms with van der Waals surface area (Å²) in [5.41, 5.74) is 2.10. The Morgan fingerprint density at radius 3 is 2.81 bits per heavy atom. The minimum absolute atomic E-state index is 0.663. The first kappa shape index (κ1) is 15.4. The molecular weight excluding hydrogens is 266 g/mol. The largest absolute Gasteiger partial charge is 0.493 e. The van der Waals surface area contributed by atoms with Gasteiger partial charge >= 0.3 is 0 Å². The van der Waals surface area contributed by atoms with E-state index in [1.54, 1.807) is 20.4 Å². The highest BCUT2D eigenvalue weighted by molar-refractivity contribution is 5.42. The van der Waals surface area contributed by atoms with Gasteiger partial charge in [-0.05, 0) is 25.1 Å². The van der Waals surface area contributed by atoms with E-state index < -0.39 is 0 Å². The van der Waals surface area contributed by atoms with E-state index in [0.29, 0.717) is 18.0 Å². The number of rotatable bonds is 8. The summed E-state index contributed by atoms with van der Waals surface area (Å²) in [6.45, 7) is 4.70. The molecule has 2 rings (SSSR count). The Morgan fingerprint density at radius 2 is 2.10 bits per heavy atom. The van der Waals surface area contributed by atoms with Gasteiger partial charge in [0.1, 0.15) is 5.69 Å². The molecule has 0 aromatic carbocycles. The van der Waals surface area contributed by atoms with Gasteiger partial charge in [0.2, 0.25) is 0 Å². The molecule has 0 unspecified atom stereocenters. The summed E-state index contributed by atoms with van der Waals surface area (Å²) in [4.78, 5) is 4.42. The van der Waals surface area contributed by atoms with Crippen LogP contribution < -0.4 is 14.8 Å². The number of ether oxygens (including phenoxy) is 2. The molecule has 2 aromatic rings. The maximum Gasteiger partial charge on any atom is 0.184 e. The maximum atomic E-state index is 5.44. The second kappa shape index (κ2) is 7.69. The SMILES string of the molecule is CCCNCc1cccn1Cc1nccc(OC)c1OC. The Hall–Kier alpha value is -2.01. The predicted octanol–water partition coefficient (Wildman–Crippen LogP) is 2.45. The summed E-state index contributed by atoms with van der Waals surface area (Å²) in [6, 6.07) is 5.98. The average Bonchev–Trinajstić information content (AvgIpc) is 2.94. The third kappa shape index (κ3) is 3.76. The van der Waals surface area contributed by atoms with E-state index in [9.17, 15) is 0 Å². The molecule has 0 fully saturated rings. The van der Waals surface area contributed by atoms with Gasteiger partial charge in [0.25, 0.3) is 0 Å². The van der Waals surface area contributed by atoms with E-state index in [1.165, 1.54) is 5.69 Å². The Bertz CT molecular complexity index is 566. The van der Waals surface area contributed by atoms with Crippen LogP contribution in [0.5, 0.6) is 11.5 Å². The third-order valence-corrected chi connectivity index (χ3v) is 3.34. The van der Waals surface area contributed by atoms with Crippen LogP contribution in [0.3, 0.4) is 0 Å². The van der Waals surface area contributed by atoms with Crippen LogP contribution >= 0.6 is 0 Å². The Labute approximate surface area is 125 Å². The minimum Gasteiger partial charge on any atom is -0.493 e. The van der Waals surface area contributed by atoms with Crippen LogP contribution in [0.2, 0.25) is 0 Å². The Balaban J connectivity index is 2.17. The zero-order valence-electron chi connectivity index (χ0n) is 12.9. The van der Waals surface area contributed by atoms with E-state index in [-0.39, 0.29) is 0 Å². The molecular formula is C16H23N3O2. The summed E-state index contributed by atoms with van der Waals surface area (Å²) in [5, 5.41) is 3.42. The van der Waals surface area contributed by atoms with Crippen molar-refractivity contribution in [2.24, 2.45) is 0 Å². The van der Waals surface area contributed by atoms with Gasteiger partial charge < -0.3 is 19.4 Å². The molecule has 0 atom stereocenters. The lowest BCUT2D eigenvalue weighted by Crippen LogP contribution is -2.17. The van der Waals surface area contributed by atoms with Crippen LogP contribution in [0.25, 0.3) is 0 Å². The summed E-state index contributed by atoms with van der Waals surface area (Å²) in [5.74, 6) is 1.40. The molecule has 21 heavy (non-hydrogen) atoms. The molecule has 0 radical (unpaired) electrons. The van der Waals surface area contributed by atoms with Crippen LogP contribution in [-0.4, -0.2) is 30.3 Å². The second-order valence-corrected chi connectivity index (χ2v) is 4.80. The van der Waals surface area contributed by atoms with Crippen molar-refractivity contribution in [3.8, 4) is 11.5 Å². The fraction of sp³-hybridized carbons (Fsp3) is 0.438. The molecule has 5 nitrogen and oxygen atoms in total. The monoisotopic (exact) mass is 289 g/mol. The molecule has 2 aromatic heterocycles. The van der Waals surface area contributed by atoms with Gasteiger partial charge in [0, 0.05) is 30.7 Å². The van der Waals surface area contributed by atoms with E-state index in [0.717, 1.165) is 25.2 Å². The van der Waals surface area contributed by atoms with Crippen molar-refractivity contribution in [2.45, 2.75) is 26.4 Å². The molecule has 2 heterocycles. The number of hydrogen-bond acceptors (Lipinski definition) is 4. The molecule has 0 saturated heterocycles. The lowest BCUT2D eigenvalue weighted by atomic mass is 10.3. The first-order valence-corrected chi connectivity index (χ1v) is 7.20. The summed E-state index contributed by atoms with van der Waals surface area (Å²) in [7, 11) is 3.28. The summed E-state index contributed by atoms with van der Waals surface area (Å²) in [6.07, 6.45) is 4.94. The molecule has 0 aliphatic rings. The van der Waals surface area contributed by atoms with Crippen molar-refractivity contribution in [3.05, 3.63) is 42.0 Å². The van der Waals surface area contributed by atoms with Crippen molar-refractivity contribution in [1.82, 2.24) is 14.9 Å². The highest BCUT2D eigenvalue weighted by Crippen LogP contribution is 2.29. The van der Waals surface area contributed by atoms with Crippen molar-refractivity contribution in [2.75, 3.05) is 20.8 Å². The van der Waals surface area contributed by atoms with Gasteiger partial charge in [0.15, 0.2) is 11.5 Å². The standard InChI is InChI=1S/C16H23N3O2/c1-4-8-17-11-13-6-5-10-19(13)12-14-16(21-3)15(20-2)7-9-18-14/h5-7,9-10,17H,4,8,11-12H2,1-3H3. The molecule has 0 spiro atoms. The first-order chi connectivity index (χ1) is 10.3. The van der Waals surface area contributed by atoms with Crippen molar-refractivity contribution < 1.29 is 9.47 Å². The zero-order valence-corrected chi connectivity index (χ0v) is 12.9. The second-order valence-electron chi connectivity index (χ2n) is 4.80. The molecule has 0 aliphatic carbocycles. The number of pyridine rings is 1. The van der Waals surface area contributed by atoms with E-state index in [2.05, 4.69) is 40.1 Å². The van der Waals surface area contributed by atoms with Crippen molar-refractivity contribution >= 4 is 0 Å². The van der Waals surface area contributed by atoms with Crippen LogP contribution in [0.1, 0.15) is 24.7 Å². The normalized spacial score (nSPS) is 10.6. The maximum absolute atomic E-state index is 5.44. The third-order valence-electron chi connectivity index (χ3n) is 3.34. The Morgan fingerprint density at radius 1 is 1.24 bits per heavy atom. The van der Waals surface area contributed by atoms with Gasteiger partial charge in [-0.25, -0.2) is 0 Å². The molecule has 114 valence electrons. The first-order valence-electron chi connectivity index (χ1n) is 7.20. The van der Waals surface area contributed by atoms with Gasteiger partial charge in [0.05, 0.1) is 20.8 Å². The van der Waals surface area contributed by atoms with Gasteiger partial charge in [-0.2, -0.15) is 0 Å². The molecule has 0 amide bonds. The molecule has 5 heteroatoms. The van der Waals surface area contributed by atoms with Gasteiger partial charge in [-0.3, -0.25) is 4.98 Å². The number of methoxy groups -OCH3 is 2. The van der Waals surface area contributed by atoms with Gasteiger partial charge in [-0.15, -0.1) is 0 Å². The molecule has 0 bridgehead atoms. The fourth-order valence-corrected chi connectivity index (χ4v) is 2.28. The highest BCUT2D eigenvalue weighted by atomic mass is 16.5. The number of aromatic nitrogens is 2. The predicted molar refractivity (Wildman–Crippen MR) is 82.9 cm³/mol. The number of nitrogens with one attached hydrogen (secondary N) is 1.